The predicted octanol–water partition coefficient (Wildman–Crippen LogP) is 3.70. The SMILES string of the molecule is COC(=O)c1ccc(NC(=O)CCc2ccc(Cl)cc2)cc1. The smallest absolute Gasteiger partial charge is 0.337 e. The number of hydrogen-bond donors (Lipinski definition) is 1. The van der Waals surface area contributed by atoms with Gasteiger partial charge in [-0.05, 0) is 48.4 Å². The van der Waals surface area contributed by atoms with E-state index < -0.39 is 5.97 Å². The fourth-order valence-electron chi connectivity index (χ4n) is 1.94. The van der Waals surface area contributed by atoms with Crippen LogP contribution >= 0.6 is 11.6 Å². The third-order valence-corrected chi connectivity index (χ3v) is 3.40. The number of carbonyl (C=O) groups excluding carboxylic acids is 2. The highest BCUT2D eigenvalue weighted by Gasteiger charge is 2.06. The summed E-state index contributed by atoms with van der Waals surface area (Å²) in [5.74, 6) is -0.485. The van der Waals surface area contributed by atoms with Gasteiger partial charge in [0.25, 0.3) is 0 Å². The molecule has 22 heavy (non-hydrogen) atoms. The van der Waals surface area contributed by atoms with Crippen LogP contribution in [0.5, 0.6) is 0 Å². The minimum absolute atomic E-state index is 0.0826. The van der Waals surface area contributed by atoms with Gasteiger partial charge in [0, 0.05) is 17.1 Å². The van der Waals surface area contributed by atoms with Gasteiger partial charge in [-0.15, -0.1) is 0 Å². The number of hydrogen-bond acceptors (Lipinski definition) is 3. The Labute approximate surface area is 134 Å². The third kappa shape index (κ3) is 4.60. The first-order chi connectivity index (χ1) is 10.6. The summed E-state index contributed by atoms with van der Waals surface area (Å²) in [5.41, 5.74) is 2.15. The number of esters is 1. The fourth-order valence-corrected chi connectivity index (χ4v) is 2.07. The first-order valence-corrected chi connectivity index (χ1v) is 7.19. The number of methoxy groups -OCH3 is 1. The molecule has 0 spiro atoms. The van der Waals surface area contributed by atoms with Gasteiger partial charge in [-0.3, -0.25) is 4.79 Å². The van der Waals surface area contributed by atoms with Crippen LogP contribution in [0.25, 0.3) is 0 Å². The maximum absolute atomic E-state index is 11.9. The molecule has 0 unspecified atom stereocenters. The van der Waals surface area contributed by atoms with E-state index in [-0.39, 0.29) is 5.91 Å². The highest BCUT2D eigenvalue weighted by Crippen LogP contribution is 2.13. The van der Waals surface area contributed by atoms with Crippen LogP contribution in [0.1, 0.15) is 22.3 Å². The molecule has 0 saturated carbocycles. The largest absolute Gasteiger partial charge is 0.465 e. The van der Waals surface area contributed by atoms with E-state index in [1.54, 1.807) is 36.4 Å². The zero-order valence-electron chi connectivity index (χ0n) is 12.1. The normalized spacial score (nSPS) is 10.1. The molecular weight excluding hydrogens is 302 g/mol. The number of anilines is 1. The highest BCUT2D eigenvalue weighted by molar-refractivity contribution is 6.30. The molecule has 0 atom stereocenters. The number of halogens is 1. The Morgan fingerprint density at radius 1 is 1.05 bits per heavy atom. The lowest BCUT2D eigenvalue weighted by molar-refractivity contribution is -0.116. The minimum atomic E-state index is -0.402. The number of benzene rings is 2. The van der Waals surface area contributed by atoms with E-state index in [0.29, 0.717) is 29.1 Å². The lowest BCUT2D eigenvalue weighted by atomic mass is 10.1. The molecule has 0 saturated heterocycles. The molecule has 5 heteroatoms. The first kappa shape index (κ1) is 16.0. The molecule has 0 aliphatic heterocycles. The van der Waals surface area contributed by atoms with E-state index in [9.17, 15) is 9.59 Å². The van der Waals surface area contributed by atoms with E-state index in [2.05, 4.69) is 10.1 Å². The molecule has 0 aromatic heterocycles. The summed E-state index contributed by atoms with van der Waals surface area (Å²) in [4.78, 5) is 23.2. The molecule has 0 radical (unpaired) electrons. The lowest BCUT2D eigenvalue weighted by Crippen LogP contribution is -2.12. The summed E-state index contributed by atoms with van der Waals surface area (Å²) >= 11 is 5.81. The van der Waals surface area contributed by atoms with Gasteiger partial charge in [-0.25, -0.2) is 4.79 Å². The Morgan fingerprint density at radius 2 is 1.68 bits per heavy atom. The van der Waals surface area contributed by atoms with Crippen molar-refractivity contribution in [2.45, 2.75) is 12.8 Å². The van der Waals surface area contributed by atoms with E-state index >= 15 is 0 Å². The Morgan fingerprint density at radius 3 is 2.27 bits per heavy atom. The topological polar surface area (TPSA) is 55.4 Å². The molecule has 114 valence electrons. The van der Waals surface area contributed by atoms with E-state index in [0.717, 1.165) is 5.56 Å². The molecule has 2 rings (SSSR count). The van der Waals surface area contributed by atoms with Gasteiger partial charge in [-0.2, -0.15) is 0 Å². The molecule has 2 aromatic rings. The van der Waals surface area contributed by atoms with Crippen LogP contribution in [0.4, 0.5) is 5.69 Å². The molecule has 0 fully saturated rings. The molecular formula is C17H16ClNO3. The molecule has 1 amide bonds. The van der Waals surface area contributed by atoms with Crippen LogP contribution in [0.2, 0.25) is 5.02 Å². The van der Waals surface area contributed by atoms with Crippen LogP contribution in [0.15, 0.2) is 48.5 Å². The average molecular weight is 318 g/mol. The zero-order valence-corrected chi connectivity index (χ0v) is 12.9. The Balaban J connectivity index is 1.86. The maximum Gasteiger partial charge on any atom is 0.337 e. The van der Waals surface area contributed by atoms with Crippen molar-refractivity contribution in [3.05, 3.63) is 64.7 Å². The third-order valence-electron chi connectivity index (χ3n) is 3.14. The quantitative estimate of drug-likeness (QED) is 0.855. The van der Waals surface area contributed by atoms with Crippen LogP contribution in [0, 0.1) is 0 Å². The van der Waals surface area contributed by atoms with E-state index in [4.69, 9.17) is 11.6 Å². The lowest BCUT2D eigenvalue weighted by Gasteiger charge is -2.06. The van der Waals surface area contributed by atoms with Gasteiger partial charge in [0.15, 0.2) is 0 Å². The van der Waals surface area contributed by atoms with Crippen molar-refractivity contribution in [2.75, 3.05) is 12.4 Å². The van der Waals surface area contributed by atoms with Gasteiger partial charge < -0.3 is 10.1 Å². The van der Waals surface area contributed by atoms with Crippen LogP contribution in [0.3, 0.4) is 0 Å². The second-order valence-electron chi connectivity index (χ2n) is 4.74. The minimum Gasteiger partial charge on any atom is -0.465 e. The van der Waals surface area contributed by atoms with Gasteiger partial charge >= 0.3 is 5.97 Å². The second kappa shape index (κ2) is 7.61. The molecule has 0 aliphatic carbocycles. The van der Waals surface area contributed by atoms with Crippen molar-refractivity contribution >= 4 is 29.2 Å². The number of carbonyl (C=O) groups is 2. The summed E-state index contributed by atoms with van der Waals surface area (Å²) in [6.07, 6.45) is 1.02. The molecule has 2 aromatic carbocycles. The fraction of sp³-hybridized carbons (Fsp3) is 0.176. The predicted molar refractivity (Wildman–Crippen MR) is 86.2 cm³/mol. The number of rotatable bonds is 5. The van der Waals surface area contributed by atoms with Gasteiger partial charge in [0.2, 0.25) is 5.91 Å². The summed E-state index contributed by atoms with van der Waals surface area (Å²) < 4.78 is 4.62. The summed E-state index contributed by atoms with van der Waals surface area (Å²) in [6, 6.07) is 14.0. The molecule has 0 aliphatic rings. The van der Waals surface area contributed by atoms with Crippen molar-refractivity contribution < 1.29 is 14.3 Å². The summed E-state index contributed by atoms with van der Waals surface area (Å²) in [6.45, 7) is 0. The van der Waals surface area contributed by atoms with Crippen molar-refractivity contribution in [3.63, 3.8) is 0 Å². The molecule has 0 bridgehead atoms. The Kier molecular flexibility index (Phi) is 5.55. The monoisotopic (exact) mass is 317 g/mol. The average Bonchev–Trinajstić information content (AvgIpc) is 2.54. The maximum atomic E-state index is 11.9. The number of nitrogens with one attached hydrogen (secondary N) is 1. The van der Waals surface area contributed by atoms with Crippen LogP contribution in [-0.2, 0) is 16.0 Å². The van der Waals surface area contributed by atoms with E-state index in [1.807, 2.05) is 12.1 Å². The molecule has 4 nitrogen and oxygen atoms in total. The van der Waals surface area contributed by atoms with Crippen LogP contribution in [-0.4, -0.2) is 19.0 Å². The standard InChI is InChI=1S/C17H16ClNO3/c1-22-17(21)13-5-9-15(10-6-13)19-16(20)11-4-12-2-7-14(18)8-3-12/h2-3,5-10H,4,11H2,1H3,(H,19,20). The molecule has 1 N–H and O–H groups in total. The zero-order chi connectivity index (χ0) is 15.9. The van der Waals surface area contributed by atoms with E-state index in [1.165, 1.54) is 7.11 Å². The second-order valence-corrected chi connectivity index (χ2v) is 5.18. The number of amides is 1. The van der Waals surface area contributed by atoms with Gasteiger partial charge in [0.1, 0.15) is 0 Å². The van der Waals surface area contributed by atoms with Crippen molar-refractivity contribution in [3.8, 4) is 0 Å². The van der Waals surface area contributed by atoms with Crippen molar-refractivity contribution in [1.29, 1.82) is 0 Å². The molecule has 0 heterocycles. The van der Waals surface area contributed by atoms with Crippen molar-refractivity contribution in [2.24, 2.45) is 0 Å². The van der Waals surface area contributed by atoms with Crippen molar-refractivity contribution in [1.82, 2.24) is 0 Å². The highest BCUT2D eigenvalue weighted by atomic mass is 35.5. The van der Waals surface area contributed by atoms with Crippen LogP contribution < -0.4 is 5.32 Å². The Bertz CT molecular complexity index is 651. The number of ether oxygens (including phenoxy) is 1. The summed E-state index contributed by atoms with van der Waals surface area (Å²) in [5, 5.41) is 3.47. The summed E-state index contributed by atoms with van der Waals surface area (Å²) in [7, 11) is 1.33. The first-order valence-electron chi connectivity index (χ1n) is 6.81. The Hall–Kier alpha value is -2.33. The number of aryl methyl sites for hydroxylation is 1. The van der Waals surface area contributed by atoms with Gasteiger partial charge in [-0.1, -0.05) is 23.7 Å². The van der Waals surface area contributed by atoms with Gasteiger partial charge in [0.05, 0.1) is 12.7 Å².